The van der Waals surface area contributed by atoms with Crippen LogP contribution in [0, 0.1) is 0 Å². The fraction of sp³-hybridized carbons (Fsp3) is 0. The average Bonchev–Trinajstić information content (AvgIpc) is 0. The first-order valence-corrected chi connectivity index (χ1v) is 0. The van der Waals surface area contributed by atoms with E-state index >= 15 is 0 Å². The molecule has 0 atom stereocenters. The molecule has 0 N–H and O–H groups in total. The molecule has 0 aliphatic rings. The van der Waals surface area contributed by atoms with Gasteiger partial charge in [-0.2, -0.15) is 0 Å². The molecule has 0 amide bonds. The van der Waals surface area contributed by atoms with Crippen LogP contribution in [0.5, 0.6) is 0 Å². The molecule has 0 saturated carbocycles. The van der Waals surface area contributed by atoms with Crippen LogP contribution in [0.2, 0.25) is 0 Å². The van der Waals surface area contributed by atoms with Gasteiger partial charge in [0, 0.05) is 0 Å². The van der Waals surface area contributed by atoms with Crippen molar-refractivity contribution >= 4 is 47.5 Å². The smallest absolute Gasteiger partial charge is 1.00 e. The van der Waals surface area contributed by atoms with Crippen molar-refractivity contribution in [2.75, 3.05) is 0 Å². The monoisotopic (exact) mass is 320 g/mol. The molecule has 0 fully saturated rings. The van der Waals surface area contributed by atoms with Crippen molar-refractivity contribution in [3.63, 3.8) is 0 Å². The fourth-order valence-electron chi connectivity index (χ4n) is 0. The van der Waals surface area contributed by atoms with Crippen LogP contribution in [0.25, 0.3) is 0 Å². The Kier molecular flexibility index (Phi) is 805. The van der Waals surface area contributed by atoms with Crippen molar-refractivity contribution in [2.45, 2.75) is 0 Å². The topological polar surface area (TPSA) is 0 Å². The maximum Gasteiger partial charge on any atom is 3.00 e. The van der Waals surface area contributed by atoms with E-state index in [0.29, 0.717) is 0 Å². The van der Waals surface area contributed by atoms with E-state index in [-0.39, 0.29) is 110 Å². The summed E-state index contributed by atoms with van der Waals surface area (Å²) in [7, 11) is 0. The molecule has 7 heteroatoms. The molecule has 0 saturated heterocycles. The fourth-order valence-corrected chi connectivity index (χ4v) is 0. The van der Waals surface area contributed by atoms with Crippen LogP contribution in [0.4, 0.5) is 0 Å². The second kappa shape index (κ2) is 63.3. The van der Waals surface area contributed by atoms with Crippen LogP contribution < -0.4 is 62.0 Å². The van der Waals surface area contributed by atoms with E-state index in [2.05, 4.69) is 0 Å². The maximum absolute atomic E-state index is 0. The molecule has 0 nitrogen and oxygen atoms in total. The van der Waals surface area contributed by atoms with Crippen molar-refractivity contribution in [3.8, 4) is 0 Å². The zero-order valence-electron chi connectivity index (χ0n) is 3.04. The summed E-state index contributed by atoms with van der Waals surface area (Å²) < 4.78 is 0. The second-order valence-corrected chi connectivity index (χ2v) is 0. The van der Waals surface area contributed by atoms with E-state index in [4.69, 9.17) is 0 Å². The first-order valence-electron chi connectivity index (χ1n) is 0. The van der Waals surface area contributed by atoms with E-state index in [9.17, 15) is 0 Å². The van der Waals surface area contributed by atoms with E-state index in [0.717, 1.165) is 0 Å². The Bertz CT molecular complexity index is 8.04. The van der Waals surface area contributed by atoms with Crippen molar-refractivity contribution < 1.29 is 62.0 Å². The third kappa shape index (κ3) is 48.6. The molecule has 0 aliphatic heterocycles. The Balaban J connectivity index is 0. The largest absolute Gasteiger partial charge is 3.00 e. The van der Waals surface area contributed by atoms with Gasteiger partial charge >= 0.3 is 47.5 Å². The molecule has 0 rings (SSSR count). The van der Waals surface area contributed by atoms with Crippen LogP contribution >= 0.6 is 0 Å². The van der Waals surface area contributed by atoms with Crippen molar-refractivity contribution in [1.82, 2.24) is 0 Å². The molecule has 0 aliphatic carbocycles. The summed E-state index contributed by atoms with van der Waals surface area (Å²) in [6.45, 7) is 0. The molecule has 2 radical (unpaired) electrons. The summed E-state index contributed by atoms with van der Waals surface area (Å²) >= 11 is 0. The van der Waals surface area contributed by atoms with Gasteiger partial charge in [-0.25, -0.2) is 0 Å². The molecular weight excluding hydrogens is 323 g/mol. The zero-order chi connectivity index (χ0) is 0. The number of rotatable bonds is 0. The van der Waals surface area contributed by atoms with Gasteiger partial charge in [0.1, 0.15) is 0 Å². The average molecular weight is 323 g/mol. The molecule has 0 bridgehead atoms. The SMILES string of the molecule is [Cl-].[Cl-].[Cl-].[Cl-].[Cl-].[Mg+2].[Sb+3]. The molecule has 7 heavy (non-hydrogen) atoms. The van der Waals surface area contributed by atoms with Gasteiger partial charge in [0.15, 0.2) is 0 Å². The summed E-state index contributed by atoms with van der Waals surface area (Å²) in [6.07, 6.45) is 0. The molecule has 0 aromatic heterocycles. The van der Waals surface area contributed by atoms with Crippen LogP contribution in [0.15, 0.2) is 0 Å². The van der Waals surface area contributed by atoms with Gasteiger partial charge in [0.25, 0.3) is 0 Å². The normalized spacial score (nSPS) is 0. The predicted molar refractivity (Wildman–Crippen MR) is 11.5 cm³/mol. The molecular formula is Cl5MgSb. The Labute approximate surface area is 108 Å². The Morgan fingerprint density at radius 1 is 0.429 bits per heavy atom. The van der Waals surface area contributed by atoms with Gasteiger partial charge in [-0.3, -0.25) is 0 Å². The first kappa shape index (κ1) is 88.9. The standard InChI is InChI=1S/5ClH.Mg.Sb/h5*1H;;/q;;;;;+2;+3/p-5. The Morgan fingerprint density at radius 3 is 0.429 bits per heavy atom. The van der Waals surface area contributed by atoms with Crippen LogP contribution in [0.3, 0.4) is 0 Å². The third-order valence-corrected chi connectivity index (χ3v) is 0. The molecule has 0 aromatic rings. The molecule has 0 unspecified atom stereocenters. The quantitative estimate of drug-likeness (QED) is 0.389. The van der Waals surface area contributed by atoms with Crippen LogP contribution in [0.1, 0.15) is 0 Å². The van der Waals surface area contributed by atoms with Gasteiger partial charge in [0.05, 0.1) is 0 Å². The van der Waals surface area contributed by atoms with E-state index in [1.54, 1.807) is 0 Å². The zero-order valence-corrected chi connectivity index (χ0v) is 10.8. The van der Waals surface area contributed by atoms with Crippen LogP contribution in [-0.2, 0) is 0 Å². The molecule has 0 heterocycles. The van der Waals surface area contributed by atoms with Gasteiger partial charge in [-0.1, -0.05) is 0 Å². The van der Waals surface area contributed by atoms with E-state index in [1.165, 1.54) is 0 Å². The number of halogens is 5. The minimum Gasteiger partial charge on any atom is -1.00 e. The summed E-state index contributed by atoms with van der Waals surface area (Å²) in [5.74, 6) is 0. The summed E-state index contributed by atoms with van der Waals surface area (Å²) in [5, 5.41) is 0. The second-order valence-electron chi connectivity index (χ2n) is 0. The van der Waals surface area contributed by atoms with Gasteiger partial charge in [0.2, 0.25) is 0 Å². The minimum absolute atomic E-state index is 0. The van der Waals surface area contributed by atoms with Crippen LogP contribution in [-0.4, -0.2) is 47.5 Å². The van der Waals surface area contributed by atoms with Gasteiger partial charge in [-0.15, -0.1) is 0 Å². The third-order valence-electron chi connectivity index (χ3n) is 0. The van der Waals surface area contributed by atoms with Crippen molar-refractivity contribution in [2.24, 2.45) is 0 Å². The van der Waals surface area contributed by atoms with Crippen molar-refractivity contribution in [3.05, 3.63) is 0 Å². The number of hydrogen-bond acceptors (Lipinski definition) is 0. The predicted octanol–water partition coefficient (Wildman–Crippen LogP) is -15.7. The molecule has 42 valence electrons. The van der Waals surface area contributed by atoms with E-state index < -0.39 is 0 Å². The van der Waals surface area contributed by atoms with Crippen molar-refractivity contribution in [1.29, 1.82) is 0 Å². The number of hydrogen-bond donors (Lipinski definition) is 0. The summed E-state index contributed by atoms with van der Waals surface area (Å²) in [4.78, 5) is 0. The maximum atomic E-state index is 0. The summed E-state index contributed by atoms with van der Waals surface area (Å²) in [5.41, 5.74) is 0. The summed E-state index contributed by atoms with van der Waals surface area (Å²) in [6, 6.07) is 0. The first-order chi connectivity index (χ1) is 0. The van der Waals surface area contributed by atoms with Gasteiger partial charge < -0.3 is 62.0 Å². The Hall–Kier alpha value is 3.03. The Morgan fingerprint density at radius 2 is 0.429 bits per heavy atom. The minimum atomic E-state index is 0. The molecule has 0 spiro atoms. The van der Waals surface area contributed by atoms with Gasteiger partial charge in [-0.05, 0) is 0 Å². The van der Waals surface area contributed by atoms with E-state index in [1.807, 2.05) is 0 Å². The molecule has 0 aromatic carbocycles.